The predicted octanol–water partition coefficient (Wildman–Crippen LogP) is 2.99. The zero-order valence-electron chi connectivity index (χ0n) is 12.2. The van der Waals surface area contributed by atoms with Crippen LogP contribution in [-0.4, -0.2) is 31.9 Å². The van der Waals surface area contributed by atoms with Gasteiger partial charge < -0.3 is 19.9 Å². The molecule has 0 aliphatic carbocycles. The van der Waals surface area contributed by atoms with Crippen LogP contribution in [0.2, 0.25) is 0 Å². The molecule has 1 aromatic rings. The number of fused-ring (bicyclic) bond motifs is 1. The minimum atomic E-state index is -0.580. The number of ether oxygens (including phenoxy) is 2. The first-order valence-electron chi connectivity index (χ1n) is 7.00. The molecule has 0 amide bonds. The van der Waals surface area contributed by atoms with Crippen LogP contribution >= 0.6 is 15.9 Å². The molecule has 0 saturated heterocycles. The van der Waals surface area contributed by atoms with Crippen molar-refractivity contribution in [1.29, 1.82) is 0 Å². The average molecular weight is 344 g/mol. The van der Waals surface area contributed by atoms with E-state index in [1.807, 2.05) is 13.1 Å². The summed E-state index contributed by atoms with van der Waals surface area (Å²) in [5.41, 5.74) is 1.91. The second-order valence-corrected chi connectivity index (χ2v) is 6.15. The molecule has 0 fully saturated rings. The quantitative estimate of drug-likeness (QED) is 0.882. The van der Waals surface area contributed by atoms with E-state index in [0.717, 1.165) is 33.5 Å². The van der Waals surface area contributed by atoms with Crippen LogP contribution in [0.4, 0.5) is 0 Å². The fourth-order valence-electron chi connectivity index (χ4n) is 2.52. The summed E-state index contributed by atoms with van der Waals surface area (Å²) in [7, 11) is 1.83. The van der Waals surface area contributed by atoms with Crippen LogP contribution in [0, 0.1) is 0 Å². The summed E-state index contributed by atoms with van der Waals surface area (Å²) >= 11 is 3.57. The molecule has 0 spiro atoms. The number of nitrogens with one attached hydrogen (secondary N) is 1. The third kappa shape index (κ3) is 3.10. The largest absolute Gasteiger partial charge is 0.490 e. The zero-order valence-corrected chi connectivity index (χ0v) is 13.8. The molecule has 1 aromatic carbocycles. The molecular formula is C15H22BrNO3. The van der Waals surface area contributed by atoms with Crippen molar-refractivity contribution in [2.24, 2.45) is 0 Å². The molecule has 1 aliphatic heterocycles. The Labute approximate surface area is 128 Å². The molecule has 1 atom stereocenters. The van der Waals surface area contributed by atoms with Crippen LogP contribution < -0.4 is 14.8 Å². The topological polar surface area (TPSA) is 50.7 Å². The number of benzene rings is 1. The fraction of sp³-hybridized carbons (Fsp3) is 0.600. The van der Waals surface area contributed by atoms with E-state index in [-0.39, 0.29) is 5.92 Å². The Hall–Kier alpha value is -0.780. The van der Waals surface area contributed by atoms with Gasteiger partial charge in [0.15, 0.2) is 11.5 Å². The summed E-state index contributed by atoms with van der Waals surface area (Å²) in [6.07, 6.45) is 0.294. The summed E-state index contributed by atoms with van der Waals surface area (Å²) in [6, 6.07) is 1.90. The molecule has 0 bridgehead atoms. The van der Waals surface area contributed by atoms with Gasteiger partial charge in [0.25, 0.3) is 0 Å². The highest BCUT2D eigenvalue weighted by molar-refractivity contribution is 9.10. The summed E-state index contributed by atoms with van der Waals surface area (Å²) in [6.45, 7) is 6.01. The molecule has 0 aromatic heterocycles. The highest BCUT2D eigenvalue weighted by Gasteiger charge is 2.26. The van der Waals surface area contributed by atoms with Crippen LogP contribution in [0.1, 0.15) is 43.4 Å². The predicted molar refractivity (Wildman–Crippen MR) is 82.7 cm³/mol. The molecule has 1 heterocycles. The zero-order chi connectivity index (χ0) is 14.7. The summed E-state index contributed by atoms with van der Waals surface area (Å²) < 4.78 is 12.5. The smallest absolute Gasteiger partial charge is 0.165 e. The SMILES string of the molecule is CNCC(O)c1c(Br)cc2c(c1C(C)C)OCCCO2. The van der Waals surface area contributed by atoms with Gasteiger partial charge in [-0.25, -0.2) is 0 Å². The van der Waals surface area contributed by atoms with Gasteiger partial charge in [0, 0.05) is 28.6 Å². The van der Waals surface area contributed by atoms with Crippen LogP contribution in [0.5, 0.6) is 11.5 Å². The van der Waals surface area contributed by atoms with Crippen molar-refractivity contribution in [1.82, 2.24) is 5.32 Å². The van der Waals surface area contributed by atoms with E-state index >= 15 is 0 Å². The van der Waals surface area contributed by atoms with Gasteiger partial charge in [-0.1, -0.05) is 29.8 Å². The van der Waals surface area contributed by atoms with Gasteiger partial charge in [0.2, 0.25) is 0 Å². The van der Waals surface area contributed by atoms with Gasteiger partial charge in [0.05, 0.1) is 19.3 Å². The van der Waals surface area contributed by atoms with Gasteiger partial charge >= 0.3 is 0 Å². The lowest BCUT2D eigenvalue weighted by atomic mass is 9.92. The molecule has 0 saturated carbocycles. The second-order valence-electron chi connectivity index (χ2n) is 5.29. The number of aliphatic hydroxyl groups excluding tert-OH is 1. The van der Waals surface area contributed by atoms with Crippen molar-refractivity contribution in [2.75, 3.05) is 26.8 Å². The molecular weight excluding hydrogens is 322 g/mol. The maximum atomic E-state index is 10.4. The van der Waals surface area contributed by atoms with E-state index in [2.05, 4.69) is 35.1 Å². The third-order valence-electron chi connectivity index (χ3n) is 3.37. The Kier molecular flexibility index (Phi) is 5.29. The third-order valence-corrected chi connectivity index (χ3v) is 4.03. The highest BCUT2D eigenvalue weighted by Crippen LogP contribution is 2.45. The van der Waals surface area contributed by atoms with Crippen molar-refractivity contribution in [3.05, 3.63) is 21.7 Å². The van der Waals surface area contributed by atoms with Gasteiger partial charge in [-0.2, -0.15) is 0 Å². The first-order valence-corrected chi connectivity index (χ1v) is 7.80. The second kappa shape index (κ2) is 6.78. The average Bonchev–Trinajstić information content (AvgIpc) is 2.61. The Bertz CT molecular complexity index is 477. The van der Waals surface area contributed by atoms with Crippen LogP contribution in [0.15, 0.2) is 10.5 Å². The van der Waals surface area contributed by atoms with Crippen molar-refractivity contribution < 1.29 is 14.6 Å². The maximum absolute atomic E-state index is 10.4. The van der Waals surface area contributed by atoms with Crippen LogP contribution in [-0.2, 0) is 0 Å². The van der Waals surface area contributed by atoms with Crippen molar-refractivity contribution >= 4 is 15.9 Å². The summed E-state index contributed by atoms with van der Waals surface area (Å²) in [4.78, 5) is 0. The number of halogens is 1. The van der Waals surface area contributed by atoms with Crippen molar-refractivity contribution in [2.45, 2.75) is 32.3 Å². The van der Waals surface area contributed by atoms with E-state index in [1.54, 1.807) is 0 Å². The number of hydrogen-bond acceptors (Lipinski definition) is 4. The molecule has 1 aliphatic rings. The van der Waals surface area contributed by atoms with Crippen LogP contribution in [0.25, 0.3) is 0 Å². The minimum absolute atomic E-state index is 0.240. The van der Waals surface area contributed by atoms with E-state index in [0.29, 0.717) is 19.8 Å². The molecule has 1 unspecified atom stereocenters. The minimum Gasteiger partial charge on any atom is -0.490 e. The molecule has 20 heavy (non-hydrogen) atoms. The van der Waals surface area contributed by atoms with Gasteiger partial charge in [0.1, 0.15) is 0 Å². The molecule has 2 N–H and O–H groups in total. The Morgan fingerprint density at radius 2 is 2.00 bits per heavy atom. The summed E-state index contributed by atoms with van der Waals surface area (Å²) in [5.74, 6) is 1.79. The van der Waals surface area contributed by atoms with Crippen molar-refractivity contribution in [3.63, 3.8) is 0 Å². The molecule has 0 radical (unpaired) electrons. The summed E-state index contributed by atoms with van der Waals surface area (Å²) in [5, 5.41) is 13.4. The van der Waals surface area contributed by atoms with Gasteiger partial charge in [-0.3, -0.25) is 0 Å². The Morgan fingerprint density at radius 3 is 2.65 bits per heavy atom. The maximum Gasteiger partial charge on any atom is 0.165 e. The standard InChI is InChI=1S/C15H22BrNO3/c1-9(2)13-14(11(18)8-17-3)10(16)7-12-15(13)20-6-4-5-19-12/h7,9,11,17-18H,4-6,8H2,1-3H3. The lowest BCUT2D eigenvalue weighted by molar-refractivity contribution is 0.174. The number of likely N-dealkylation sites (N-methyl/N-ethyl adjacent to an activating group) is 1. The normalized spacial score (nSPS) is 16.1. The Morgan fingerprint density at radius 1 is 1.30 bits per heavy atom. The monoisotopic (exact) mass is 343 g/mol. The lowest BCUT2D eigenvalue weighted by Crippen LogP contribution is -2.19. The number of hydrogen-bond donors (Lipinski definition) is 2. The van der Waals surface area contributed by atoms with E-state index in [1.165, 1.54) is 0 Å². The van der Waals surface area contributed by atoms with Gasteiger partial charge in [-0.15, -0.1) is 0 Å². The molecule has 2 rings (SSSR count). The number of rotatable bonds is 4. The van der Waals surface area contributed by atoms with E-state index < -0.39 is 6.10 Å². The van der Waals surface area contributed by atoms with E-state index in [9.17, 15) is 5.11 Å². The number of aliphatic hydroxyl groups is 1. The molecule has 4 nitrogen and oxygen atoms in total. The van der Waals surface area contributed by atoms with E-state index in [4.69, 9.17) is 9.47 Å². The Balaban J connectivity index is 2.58. The molecule has 5 heteroatoms. The first-order chi connectivity index (χ1) is 9.56. The van der Waals surface area contributed by atoms with Crippen LogP contribution in [0.3, 0.4) is 0 Å². The first kappa shape index (κ1) is 15.6. The molecule has 112 valence electrons. The highest BCUT2D eigenvalue weighted by atomic mass is 79.9. The van der Waals surface area contributed by atoms with Crippen molar-refractivity contribution in [3.8, 4) is 11.5 Å². The lowest BCUT2D eigenvalue weighted by Gasteiger charge is -2.24. The fourth-order valence-corrected chi connectivity index (χ4v) is 3.21. The van der Waals surface area contributed by atoms with Gasteiger partial charge in [-0.05, 0) is 19.0 Å².